The molecule has 0 bridgehead atoms. The second kappa shape index (κ2) is 5.54. The predicted octanol–water partition coefficient (Wildman–Crippen LogP) is 3.47. The molecule has 1 aromatic rings. The summed E-state index contributed by atoms with van der Waals surface area (Å²) >= 11 is 0. The van der Waals surface area contributed by atoms with E-state index in [2.05, 4.69) is 30.0 Å². The molecular weight excluding hydrogens is 232 g/mol. The number of rotatable bonds is 2. The topological polar surface area (TPSA) is 29.3 Å². The molecule has 0 aromatic heterocycles. The Morgan fingerprint density at radius 1 is 1.16 bits per heavy atom. The summed E-state index contributed by atoms with van der Waals surface area (Å²) in [6, 6.07) is 6.79. The zero-order valence-corrected chi connectivity index (χ0v) is 12.1. The number of nitrogens with two attached hydrogens (primary N) is 1. The number of nitrogens with zero attached hydrogens (tertiary/aromatic N) is 1. The number of benzene rings is 1. The van der Waals surface area contributed by atoms with Gasteiger partial charge in [-0.3, -0.25) is 0 Å². The third kappa shape index (κ3) is 2.64. The molecule has 3 rings (SSSR count). The SMILES string of the molecule is Cc1cc(N2CCC3CCCCC3C2)ccc1CN. The molecule has 0 amide bonds. The summed E-state index contributed by atoms with van der Waals surface area (Å²) < 4.78 is 0. The van der Waals surface area contributed by atoms with E-state index in [1.807, 2.05) is 0 Å². The number of fused-ring (bicyclic) bond motifs is 1. The highest BCUT2D eigenvalue weighted by Crippen LogP contribution is 2.37. The minimum atomic E-state index is 0.650. The van der Waals surface area contributed by atoms with Gasteiger partial charge >= 0.3 is 0 Å². The molecule has 19 heavy (non-hydrogen) atoms. The van der Waals surface area contributed by atoms with Crippen LogP contribution in [0.15, 0.2) is 18.2 Å². The van der Waals surface area contributed by atoms with E-state index in [4.69, 9.17) is 5.73 Å². The van der Waals surface area contributed by atoms with Crippen LogP contribution in [0.5, 0.6) is 0 Å². The second-order valence-electron chi connectivity index (χ2n) is 6.35. The first kappa shape index (κ1) is 13.0. The predicted molar refractivity (Wildman–Crippen MR) is 81.3 cm³/mol. The fourth-order valence-electron chi connectivity index (χ4n) is 3.94. The molecule has 2 nitrogen and oxygen atoms in total. The Labute approximate surface area is 117 Å². The average Bonchev–Trinajstić information content (AvgIpc) is 2.46. The van der Waals surface area contributed by atoms with Crippen molar-refractivity contribution in [1.82, 2.24) is 0 Å². The van der Waals surface area contributed by atoms with Gasteiger partial charge in [0.2, 0.25) is 0 Å². The summed E-state index contributed by atoms with van der Waals surface area (Å²) in [5.74, 6) is 1.95. The van der Waals surface area contributed by atoms with Gasteiger partial charge in [-0.2, -0.15) is 0 Å². The Hall–Kier alpha value is -1.02. The normalized spacial score (nSPS) is 27.2. The van der Waals surface area contributed by atoms with Crippen LogP contribution in [-0.4, -0.2) is 13.1 Å². The molecule has 1 saturated carbocycles. The van der Waals surface area contributed by atoms with Gasteiger partial charge in [-0.05, 0) is 54.9 Å². The van der Waals surface area contributed by atoms with Crippen molar-refractivity contribution in [2.24, 2.45) is 17.6 Å². The Kier molecular flexibility index (Phi) is 3.79. The molecular formula is C17H26N2. The van der Waals surface area contributed by atoms with Gasteiger partial charge in [-0.15, -0.1) is 0 Å². The maximum atomic E-state index is 5.75. The van der Waals surface area contributed by atoms with Gasteiger partial charge < -0.3 is 10.6 Å². The monoisotopic (exact) mass is 258 g/mol. The first-order valence-electron chi connectivity index (χ1n) is 7.82. The lowest BCUT2D eigenvalue weighted by molar-refractivity contribution is 0.202. The van der Waals surface area contributed by atoms with Gasteiger partial charge in [0.05, 0.1) is 0 Å². The first-order valence-corrected chi connectivity index (χ1v) is 7.82. The van der Waals surface area contributed by atoms with Crippen molar-refractivity contribution in [2.45, 2.75) is 45.6 Å². The maximum absolute atomic E-state index is 5.75. The van der Waals surface area contributed by atoms with Crippen LogP contribution in [0.25, 0.3) is 0 Å². The minimum Gasteiger partial charge on any atom is -0.371 e. The molecule has 1 heterocycles. The third-order valence-electron chi connectivity index (χ3n) is 5.20. The molecule has 0 radical (unpaired) electrons. The minimum absolute atomic E-state index is 0.650. The summed E-state index contributed by atoms with van der Waals surface area (Å²) in [6.07, 6.45) is 7.22. The fraction of sp³-hybridized carbons (Fsp3) is 0.647. The van der Waals surface area contributed by atoms with E-state index < -0.39 is 0 Å². The lowest BCUT2D eigenvalue weighted by Crippen LogP contribution is -2.41. The number of aryl methyl sites for hydroxylation is 1. The Balaban J connectivity index is 1.74. The molecule has 104 valence electrons. The largest absolute Gasteiger partial charge is 0.371 e. The first-order chi connectivity index (χ1) is 9.28. The number of hydrogen-bond donors (Lipinski definition) is 1. The van der Waals surface area contributed by atoms with Crippen molar-refractivity contribution in [3.63, 3.8) is 0 Å². The van der Waals surface area contributed by atoms with E-state index >= 15 is 0 Å². The average molecular weight is 258 g/mol. The van der Waals surface area contributed by atoms with Crippen LogP contribution in [0.3, 0.4) is 0 Å². The second-order valence-corrected chi connectivity index (χ2v) is 6.35. The summed E-state index contributed by atoms with van der Waals surface area (Å²) in [5, 5.41) is 0. The number of anilines is 1. The highest BCUT2D eigenvalue weighted by atomic mass is 15.1. The molecule has 1 aliphatic heterocycles. The van der Waals surface area contributed by atoms with Crippen LogP contribution in [-0.2, 0) is 6.54 Å². The summed E-state index contributed by atoms with van der Waals surface area (Å²) in [4.78, 5) is 2.60. The van der Waals surface area contributed by atoms with E-state index in [1.165, 1.54) is 62.0 Å². The van der Waals surface area contributed by atoms with E-state index in [-0.39, 0.29) is 0 Å². The maximum Gasteiger partial charge on any atom is 0.0369 e. The highest BCUT2D eigenvalue weighted by Gasteiger charge is 2.31. The van der Waals surface area contributed by atoms with E-state index in [1.54, 1.807) is 0 Å². The molecule has 1 aliphatic carbocycles. The van der Waals surface area contributed by atoms with Crippen molar-refractivity contribution in [1.29, 1.82) is 0 Å². The van der Waals surface area contributed by atoms with Gasteiger partial charge in [-0.25, -0.2) is 0 Å². The molecule has 2 fully saturated rings. The lowest BCUT2D eigenvalue weighted by atomic mass is 9.75. The molecule has 2 heteroatoms. The molecule has 1 saturated heterocycles. The van der Waals surface area contributed by atoms with Gasteiger partial charge in [-0.1, -0.05) is 25.3 Å². The molecule has 2 aliphatic rings. The van der Waals surface area contributed by atoms with Crippen LogP contribution in [0.4, 0.5) is 5.69 Å². The Morgan fingerprint density at radius 3 is 2.68 bits per heavy atom. The van der Waals surface area contributed by atoms with Crippen molar-refractivity contribution < 1.29 is 0 Å². The molecule has 0 spiro atoms. The van der Waals surface area contributed by atoms with Crippen LogP contribution in [0.1, 0.15) is 43.2 Å². The molecule has 1 aromatic carbocycles. The smallest absolute Gasteiger partial charge is 0.0369 e. The van der Waals surface area contributed by atoms with Gasteiger partial charge in [0, 0.05) is 25.3 Å². The molecule has 2 atom stereocenters. The number of piperidine rings is 1. The summed E-state index contributed by atoms with van der Waals surface area (Å²) in [5.41, 5.74) is 9.77. The Morgan fingerprint density at radius 2 is 1.95 bits per heavy atom. The van der Waals surface area contributed by atoms with Crippen molar-refractivity contribution in [2.75, 3.05) is 18.0 Å². The van der Waals surface area contributed by atoms with Gasteiger partial charge in [0.15, 0.2) is 0 Å². The lowest BCUT2D eigenvalue weighted by Gasteiger charge is -2.42. The van der Waals surface area contributed by atoms with E-state index in [0.29, 0.717) is 6.54 Å². The van der Waals surface area contributed by atoms with Crippen LogP contribution < -0.4 is 10.6 Å². The van der Waals surface area contributed by atoms with Gasteiger partial charge in [0.1, 0.15) is 0 Å². The van der Waals surface area contributed by atoms with Crippen LogP contribution >= 0.6 is 0 Å². The summed E-state index contributed by atoms with van der Waals surface area (Å²) in [7, 11) is 0. The third-order valence-corrected chi connectivity index (χ3v) is 5.20. The van der Waals surface area contributed by atoms with Crippen LogP contribution in [0.2, 0.25) is 0 Å². The van der Waals surface area contributed by atoms with Crippen LogP contribution in [0, 0.1) is 18.8 Å². The van der Waals surface area contributed by atoms with Gasteiger partial charge in [0.25, 0.3) is 0 Å². The van der Waals surface area contributed by atoms with Crippen molar-refractivity contribution >= 4 is 5.69 Å². The molecule has 2 N–H and O–H groups in total. The van der Waals surface area contributed by atoms with Crippen molar-refractivity contribution in [3.8, 4) is 0 Å². The zero-order chi connectivity index (χ0) is 13.2. The number of hydrogen-bond acceptors (Lipinski definition) is 2. The highest BCUT2D eigenvalue weighted by molar-refractivity contribution is 5.51. The Bertz CT molecular complexity index is 441. The fourth-order valence-corrected chi connectivity index (χ4v) is 3.94. The molecule has 2 unspecified atom stereocenters. The van der Waals surface area contributed by atoms with E-state index in [0.717, 1.165) is 11.8 Å². The standard InChI is InChI=1S/C17H26N2/c1-13-10-17(7-6-15(13)11-18)19-9-8-14-4-2-3-5-16(14)12-19/h6-7,10,14,16H,2-5,8-9,11-12,18H2,1H3. The quantitative estimate of drug-likeness (QED) is 0.880. The zero-order valence-electron chi connectivity index (χ0n) is 12.1. The van der Waals surface area contributed by atoms with E-state index in [9.17, 15) is 0 Å². The summed E-state index contributed by atoms with van der Waals surface area (Å²) in [6.45, 7) is 5.34. The van der Waals surface area contributed by atoms with Crippen molar-refractivity contribution in [3.05, 3.63) is 29.3 Å².